The normalized spacial score (nSPS) is 13.3. The van der Waals surface area contributed by atoms with Crippen molar-refractivity contribution in [3.8, 4) is 11.5 Å². The van der Waals surface area contributed by atoms with Crippen molar-refractivity contribution in [2.75, 3.05) is 18.5 Å². The summed E-state index contributed by atoms with van der Waals surface area (Å²) in [5.41, 5.74) is 7.69. The molecule has 1 heterocycles. The summed E-state index contributed by atoms with van der Waals surface area (Å²) in [6.07, 6.45) is 0.878. The molecule has 5 heteroatoms. The number of anilines is 1. The van der Waals surface area contributed by atoms with Gasteiger partial charge in [0, 0.05) is 30.3 Å². The Labute approximate surface area is 129 Å². The highest BCUT2D eigenvalue weighted by molar-refractivity contribution is 5.94. The first-order valence-electron chi connectivity index (χ1n) is 7.25. The summed E-state index contributed by atoms with van der Waals surface area (Å²) >= 11 is 0. The maximum atomic E-state index is 11.4. The number of amides is 1. The van der Waals surface area contributed by atoms with Crippen molar-refractivity contribution in [1.29, 1.82) is 0 Å². The third-order valence-electron chi connectivity index (χ3n) is 3.51. The van der Waals surface area contributed by atoms with Gasteiger partial charge in [0.2, 0.25) is 5.91 Å². The molecule has 0 saturated heterocycles. The lowest BCUT2D eigenvalue weighted by atomic mass is 10.1. The maximum absolute atomic E-state index is 11.4. The molecular formula is C17H18N2O3. The zero-order valence-corrected chi connectivity index (χ0v) is 12.2. The topological polar surface area (TPSA) is 73.6 Å². The highest BCUT2D eigenvalue weighted by Gasteiger charge is 2.11. The number of nitrogens with two attached hydrogens (primary N) is 1. The Morgan fingerprint density at radius 1 is 1.09 bits per heavy atom. The van der Waals surface area contributed by atoms with Gasteiger partial charge in [0.1, 0.15) is 0 Å². The van der Waals surface area contributed by atoms with Gasteiger partial charge in [0.25, 0.3) is 0 Å². The molecule has 0 aliphatic carbocycles. The first-order chi connectivity index (χ1) is 10.7. The molecule has 0 aromatic heterocycles. The largest absolute Gasteiger partial charge is 0.490 e. The van der Waals surface area contributed by atoms with Crippen LogP contribution in [0.3, 0.4) is 0 Å². The minimum Gasteiger partial charge on any atom is -0.490 e. The van der Waals surface area contributed by atoms with Gasteiger partial charge in [-0.3, -0.25) is 4.79 Å². The van der Waals surface area contributed by atoms with Crippen molar-refractivity contribution < 1.29 is 14.3 Å². The van der Waals surface area contributed by atoms with Crippen LogP contribution in [0.25, 0.3) is 0 Å². The summed E-state index contributed by atoms with van der Waals surface area (Å²) < 4.78 is 11.3. The number of fused-ring (bicyclic) bond motifs is 1. The van der Waals surface area contributed by atoms with E-state index in [4.69, 9.17) is 15.2 Å². The smallest absolute Gasteiger partial charge is 0.249 e. The van der Waals surface area contributed by atoms with E-state index in [1.54, 1.807) is 12.1 Å². The van der Waals surface area contributed by atoms with E-state index in [-0.39, 0.29) is 0 Å². The molecule has 0 saturated carbocycles. The number of primary amides is 1. The fourth-order valence-electron chi connectivity index (χ4n) is 2.39. The number of hydrogen-bond donors (Lipinski definition) is 2. The van der Waals surface area contributed by atoms with E-state index in [9.17, 15) is 4.79 Å². The number of carbonyl (C=O) groups is 1. The minimum atomic E-state index is -0.420. The maximum Gasteiger partial charge on any atom is 0.249 e. The van der Waals surface area contributed by atoms with Crippen LogP contribution in [0.5, 0.6) is 11.5 Å². The Morgan fingerprint density at radius 2 is 1.86 bits per heavy atom. The second-order valence-corrected chi connectivity index (χ2v) is 5.09. The van der Waals surface area contributed by atoms with Crippen molar-refractivity contribution >= 4 is 11.6 Å². The summed E-state index contributed by atoms with van der Waals surface area (Å²) in [6, 6.07) is 13.0. The molecule has 1 amide bonds. The minimum absolute atomic E-state index is 0.420. The fourth-order valence-corrected chi connectivity index (χ4v) is 2.39. The van der Waals surface area contributed by atoms with Crippen LogP contribution >= 0.6 is 0 Å². The average molecular weight is 298 g/mol. The van der Waals surface area contributed by atoms with Gasteiger partial charge in [-0.2, -0.15) is 0 Å². The summed E-state index contributed by atoms with van der Waals surface area (Å²) in [7, 11) is 0. The van der Waals surface area contributed by atoms with E-state index in [1.165, 1.54) is 0 Å². The molecule has 114 valence electrons. The first-order valence-corrected chi connectivity index (χ1v) is 7.25. The predicted octanol–water partition coefficient (Wildman–Crippen LogP) is 2.56. The standard InChI is InChI=1S/C17H18N2O3/c18-17(20)14-5-2-1-4-12(14)11-19-13-6-7-15-16(10-13)22-9-3-8-21-15/h1-2,4-7,10,19H,3,8-9,11H2,(H2,18,20). The van der Waals surface area contributed by atoms with Crippen molar-refractivity contribution in [2.24, 2.45) is 5.73 Å². The van der Waals surface area contributed by atoms with Crippen LogP contribution < -0.4 is 20.5 Å². The van der Waals surface area contributed by atoms with Gasteiger partial charge >= 0.3 is 0 Å². The van der Waals surface area contributed by atoms with E-state index < -0.39 is 5.91 Å². The average Bonchev–Trinajstić information content (AvgIpc) is 2.77. The number of ether oxygens (including phenoxy) is 2. The Balaban J connectivity index is 1.74. The molecule has 1 aliphatic heterocycles. The van der Waals surface area contributed by atoms with E-state index in [0.717, 1.165) is 29.2 Å². The van der Waals surface area contributed by atoms with Gasteiger partial charge in [-0.25, -0.2) is 0 Å². The van der Waals surface area contributed by atoms with Gasteiger partial charge in [-0.15, -0.1) is 0 Å². The lowest BCUT2D eigenvalue weighted by Crippen LogP contribution is -2.15. The number of benzene rings is 2. The molecule has 22 heavy (non-hydrogen) atoms. The van der Waals surface area contributed by atoms with Crippen LogP contribution in [-0.4, -0.2) is 19.1 Å². The van der Waals surface area contributed by atoms with Crippen molar-refractivity contribution in [3.05, 3.63) is 53.6 Å². The van der Waals surface area contributed by atoms with Crippen LogP contribution in [0.4, 0.5) is 5.69 Å². The zero-order chi connectivity index (χ0) is 15.4. The summed E-state index contributed by atoms with van der Waals surface area (Å²) in [4.78, 5) is 11.4. The number of nitrogens with one attached hydrogen (secondary N) is 1. The van der Waals surface area contributed by atoms with E-state index in [0.29, 0.717) is 25.3 Å². The molecule has 2 aromatic carbocycles. The highest BCUT2D eigenvalue weighted by Crippen LogP contribution is 2.32. The molecule has 0 fully saturated rings. The molecule has 3 rings (SSSR count). The molecule has 0 bridgehead atoms. The molecule has 0 atom stereocenters. The van der Waals surface area contributed by atoms with Crippen molar-refractivity contribution in [2.45, 2.75) is 13.0 Å². The second-order valence-electron chi connectivity index (χ2n) is 5.09. The summed E-state index contributed by atoms with van der Waals surface area (Å²) in [6.45, 7) is 1.84. The molecule has 2 aromatic rings. The van der Waals surface area contributed by atoms with Crippen LogP contribution in [-0.2, 0) is 6.54 Å². The predicted molar refractivity (Wildman–Crippen MR) is 84.3 cm³/mol. The third-order valence-corrected chi connectivity index (χ3v) is 3.51. The van der Waals surface area contributed by atoms with E-state index >= 15 is 0 Å². The molecular weight excluding hydrogens is 280 g/mol. The first kappa shape index (κ1) is 14.3. The Kier molecular flexibility index (Phi) is 4.14. The quantitative estimate of drug-likeness (QED) is 0.910. The molecule has 0 radical (unpaired) electrons. The zero-order valence-electron chi connectivity index (χ0n) is 12.2. The van der Waals surface area contributed by atoms with Crippen LogP contribution in [0.1, 0.15) is 22.3 Å². The lowest BCUT2D eigenvalue weighted by Gasteiger charge is -2.12. The van der Waals surface area contributed by atoms with Gasteiger partial charge < -0.3 is 20.5 Å². The highest BCUT2D eigenvalue weighted by atomic mass is 16.5. The SMILES string of the molecule is NC(=O)c1ccccc1CNc1ccc2c(c1)OCCCO2. The number of hydrogen-bond acceptors (Lipinski definition) is 4. The van der Waals surface area contributed by atoms with Crippen LogP contribution in [0.15, 0.2) is 42.5 Å². The van der Waals surface area contributed by atoms with Crippen molar-refractivity contribution in [3.63, 3.8) is 0 Å². The molecule has 1 aliphatic rings. The van der Waals surface area contributed by atoms with E-state index in [1.807, 2.05) is 30.3 Å². The molecule has 0 unspecified atom stereocenters. The van der Waals surface area contributed by atoms with Crippen molar-refractivity contribution in [1.82, 2.24) is 0 Å². The lowest BCUT2D eigenvalue weighted by molar-refractivity contribution is 0.0999. The molecule has 0 spiro atoms. The number of rotatable bonds is 4. The molecule has 5 nitrogen and oxygen atoms in total. The van der Waals surface area contributed by atoms with Gasteiger partial charge in [0.05, 0.1) is 13.2 Å². The fraction of sp³-hybridized carbons (Fsp3) is 0.235. The van der Waals surface area contributed by atoms with E-state index in [2.05, 4.69) is 5.32 Å². The van der Waals surface area contributed by atoms with Gasteiger partial charge in [0.15, 0.2) is 11.5 Å². The second kappa shape index (κ2) is 6.39. The monoisotopic (exact) mass is 298 g/mol. The summed E-state index contributed by atoms with van der Waals surface area (Å²) in [5, 5.41) is 3.28. The summed E-state index contributed by atoms with van der Waals surface area (Å²) in [5.74, 6) is 1.09. The number of carbonyl (C=O) groups excluding carboxylic acids is 1. The Morgan fingerprint density at radius 3 is 2.68 bits per heavy atom. The molecule has 3 N–H and O–H groups in total. The van der Waals surface area contributed by atoms with Crippen LogP contribution in [0, 0.1) is 0 Å². The van der Waals surface area contributed by atoms with Crippen LogP contribution in [0.2, 0.25) is 0 Å². The Bertz CT molecular complexity index is 685. The third kappa shape index (κ3) is 3.14. The Hall–Kier alpha value is -2.69. The van der Waals surface area contributed by atoms with Gasteiger partial charge in [-0.1, -0.05) is 18.2 Å². The van der Waals surface area contributed by atoms with Gasteiger partial charge in [-0.05, 0) is 23.8 Å².